The number of benzene rings is 1. The maximum absolute atomic E-state index is 12.6. The number of aryl methyl sites for hydroxylation is 1. The third-order valence-corrected chi connectivity index (χ3v) is 4.54. The number of hydrogen-bond donors (Lipinski definition) is 0. The average molecular weight is 329 g/mol. The standard InChI is InChI=1S/C20H27NO3/c1-5-14-6-8-15(9-7-14)16-10-17-12-23-13-18(11-16)21(17)19(22)24-20(2,3)4/h6-10,17-18H,5,11-13H2,1-4H3. The minimum atomic E-state index is -0.480. The van der Waals surface area contributed by atoms with Crippen molar-refractivity contribution in [1.29, 1.82) is 0 Å². The lowest BCUT2D eigenvalue weighted by Gasteiger charge is -2.44. The number of morpholine rings is 1. The Morgan fingerprint density at radius 2 is 1.96 bits per heavy atom. The molecule has 2 aliphatic rings. The molecule has 4 heteroatoms. The Balaban J connectivity index is 1.82. The van der Waals surface area contributed by atoms with Crippen LogP contribution in [0.5, 0.6) is 0 Å². The fraction of sp³-hybridized carbons (Fsp3) is 0.550. The molecule has 0 aliphatic carbocycles. The number of ether oxygens (including phenoxy) is 2. The number of amides is 1. The molecule has 0 N–H and O–H groups in total. The molecule has 0 saturated carbocycles. The van der Waals surface area contributed by atoms with Crippen molar-refractivity contribution in [2.75, 3.05) is 13.2 Å². The van der Waals surface area contributed by atoms with Gasteiger partial charge in [-0.15, -0.1) is 0 Å². The van der Waals surface area contributed by atoms with Gasteiger partial charge in [-0.1, -0.05) is 37.3 Å². The van der Waals surface area contributed by atoms with Crippen molar-refractivity contribution < 1.29 is 14.3 Å². The molecule has 2 unspecified atom stereocenters. The van der Waals surface area contributed by atoms with Crippen LogP contribution in [0.4, 0.5) is 4.79 Å². The Morgan fingerprint density at radius 3 is 2.54 bits per heavy atom. The Labute approximate surface area is 144 Å². The summed E-state index contributed by atoms with van der Waals surface area (Å²) in [6.07, 6.45) is 3.78. The number of rotatable bonds is 2. The number of hydrogen-bond acceptors (Lipinski definition) is 3. The predicted octanol–water partition coefficient (Wildman–Crippen LogP) is 4.04. The maximum atomic E-state index is 12.6. The molecular formula is C20H27NO3. The first-order chi connectivity index (χ1) is 11.4. The highest BCUT2D eigenvalue weighted by molar-refractivity contribution is 5.74. The zero-order chi connectivity index (χ0) is 17.3. The highest BCUT2D eigenvalue weighted by Crippen LogP contribution is 2.33. The van der Waals surface area contributed by atoms with E-state index in [1.54, 1.807) is 0 Å². The van der Waals surface area contributed by atoms with E-state index in [1.165, 1.54) is 16.7 Å². The van der Waals surface area contributed by atoms with Gasteiger partial charge < -0.3 is 9.47 Å². The fourth-order valence-electron chi connectivity index (χ4n) is 3.36. The van der Waals surface area contributed by atoms with Gasteiger partial charge in [0, 0.05) is 0 Å². The highest BCUT2D eigenvalue weighted by Gasteiger charge is 2.40. The van der Waals surface area contributed by atoms with Crippen molar-refractivity contribution in [2.45, 2.75) is 58.2 Å². The summed E-state index contributed by atoms with van der Waals surface area (Å²) in [6.45, 7) is 8.97. The van der Waals surface area contributed by atoms with Crippen LogP contribution in [0.2, 0.25) is 0 Å². The zero-order valence-corrected chi connectivity index (χ0v) is 15.0. The quantitative estimate of drug-likeness (QED) is 0.822. The maximum Gasteiger partial charge on any atom is 0.411 e. The molecule has 2 bridgehead atoms. The van der Waals surface area contributed by atoms with E-state index in [2.05, 4.69) is 37.3 Å². The van der Waals surface area contributed by atoms with Crippen molar-refractivity contribution in [2.24, 2.45) is 0 Å². The Bertz CT molecular complexity index is 627. The summed E-state index contributed by atoms with van der Waals surface area (Å²) in [7, 11) is 0. The first-order valence-electron chi connectivity index (χ1n) is 8.76. The molecule has 1 fully saturated rings. The fourth-order valence-corrected chi connectivity index (χ4v) is 3.36. The van der Waals surface area contributed by atoms with Gasteiger partial charge in [-0.3, -0.25) is 4.90 Å². The van der Waals surface area contributed by atoms with E-state index in [4.69, 9.17) is 9.47 Å². The Hall–Kier alpha value is -1.81. The van der Waals surface area contributed by atoms with E-state index < -0.39 is 5.60 Å². The van der Waals surface area contributed by atoms with E-state index in [0.717, 1.165) is 12.8 Å². The smallest absolute Gasteiger partial charge is 0.411 e. The molecule has 0 spiro atoms. The first-order valence-corrected chi connectivity index (χ1v) is 8.76. The van der Waals surface area contributed by atoms with Crippen molar-refractivity contribution in [3.63, 3.8) is 0 Å². The van der Waals surface area contributed by atoms with E-state index in [9.17, 15) is 4.79 Å². The summed E-state index contributed by atoms with van der Waals surface area (Å²) in [6, 6.07) is 8.73. The first kappa shape index (κ1) is 17.0. The molecule has 1 aromatic rings. The molecule has 2 atom stereocenters. The average Bonchev–Trinajstić information content (AvgIpc) is 2.52. The molecule has 0 aromatic heterocycles. The SMILES string of the molecule is CCc1ccc(C2=CC3COCC(C2)N3C(=O)OC(C)(C)C)cc1. The van der Waals surface area contributed by atoms with Crippen molar-refractivity contribution >= 4 is 11.7 Å². The minimum Gasteiger partial charge on any atom is -0.444 e. The van der Waals surface area contributed by atoms with E-state index in [-0.39, 0.29) is 18.2 Å². The van der Waals surface area contributed by atoms with Crippen LogP contribution in [0.1, 0.15) is 45.2 Å². The molecule has 2 aliphatic heterocycles. The van der Waals surface area contributed by atoms with Crippen LogP contribution < -0.4 is 0 Å². The summed E-state index contributed by atoms with van der Waals surface area (Å²) in [4.78, 5) is 14.4. The minimum absolute atomic E-state index is 0.0458. The second-order valence-corrected chi connectivity index (χ2v) is 7.59. The summed E-state index contributed by atoms with van der Waals surface area (Å²) >= 11 is 0. The van der Waals surface area contributed by atoms with Crippen LogP contribution in [-0.4, -0.2) is 41.9 Å². The van der Waals surface area contributed by atoms with Crippen LogP contribution in [0, 0.1) is 0 Å². The second kappa shape index (κ2) is 6.60. The van der Waals surface area contributed by atoms with Crippen LogP contribution >= 0.6 is 0 Å². The molecule has 3 rings (SSSR count). The number of nitrogens with zero attached hydrogens (tertiary/aromatic N) is 1. The van der Waals surface area contributed by atoms with Crippen LogP contribution in [0.25, 0.3) is 5.57 Å². The van der Waals surface area contributed by atoms with Gasteiger partial charge in [-0.05, 0) is 50.3 Å². The van der Waals surface area contributed by atoms with Crippen molar-refractivity contribution in [3.8, 4) is 0 Å². The summed E-state index contributed by atoms with van der Waals surface area (Å²) in [5, 5.41) is 0. The van der Waals surface area contributed by atoms with E-state index in [0.29, 0.717) is 13.2 Å². The van der Waals surface area contributed by atoms with Gasteiger partial charge >= 0.3 is 6.09 Å². The van der Waals surface area contributed by atoms with Gasteiger partial charge in [-0.25, -0.2) is 4.79 Å². The largest absolute Gasteiger partial charge is 0.444 e. The van der Waals surface area contributed by atoms with Gasteiger partial charge in [0.25, 0.3) is 0 Å². The number of carbonyl (C=O) groups excluding carboxylic acids is 1. The van der Waals surface area contributed by atoms with Gasteiger partial charge in [0.1, 0.15) is 5.60 Å². The lowest BCUT2D eigenvalue weighted by molar-refractivity contribution is -0.0510. The number of carbonyl (C=O) groups is 1. The predicted molar refractivity (Wildman–Crippen MR) is 94.9 cm³/mol. The topological polar surface area (TPSA) is 38.8 Å². The summed E-state index contributed by atoms with van der Waals surface area (Å²) in [5.74, 6) is 0. The lowest BCUT2D eigenvalue weighted by Crippen LogP contribution is -2.57. The normalized spacial score (nSPS) is 23.7. The molecular weight excluding hydrogens is 302 g/mol. The molecule has 24 heavy (non-hydrogen) atoms. The molecule has 1 saturated heterocycles. The van der Waals surface area contributed by atoms with Gasteiger partial charge in [-0.2, -0.15) is 0 Å². The monoisotopic (exact) mass is 329 g/mol. The third kappa shape index (κ3) is 3.64. The van der Waals surface area contributed by atoms with Crippen LogP contribution in [-0.2, 0) is 15.9 Å². The highest BCUT2D eigenvalue weighted by atomic mass is 16.6. The lowest BCUT2D eigenvalue weighted by atomic mass is 9.89. The van der Waals surface area contributed by atoms with Crippen LogP contribution in [0.3, 0.4) is 0 Å². The Morgan fingerprint density at radius 1 is 1.25 bits per heavy atom. The molecule has 0 radical (unpaired) electrons. The second-order valence-electron chi connectivity index (χ2n) is 7.59. The van der Waals surface area contributed by atoms with Crippen molar-refractivity contribution in [3.05, 3.63) is 41.5 Å². The number of fused-ring (bicyclic) bond motifs is 2. The van der Waals surface area contributed by atoms with E-state index in [1.807, 2.05) is 25.7 Å². The third-order valence-electron chi connectivity index (χ3n) is 4.54. The summed E-state index contributed by atoms with van der Waals surface area (Å²) in [5.41, 5.74) is 3.41. The zero-order valence-electron chi connectivity index (χ0n) is 15.0. The summed E-state index contributed by atoms with van der Waals surface area (Å²) < 4.78 is 11.3. The molecule has 2 heterocycles. The Kier molecular flexibility index (Phi) is 4.68. The molecule has 130 valence electrons. The molecule has 1 amide bonds. The van der Waals surface area contributed by atoms with Gasteiger partial charge in [0.2, 0.25) is 0 Å². The van der Waals surface area contributed by atoms with Gasteiger partial charge in [0.15, 0.2) is 0 Å². The van der Waals surface area contributed by atoms with Crippen molar-refractivity contribution in [1.82, 2.24) is 4.90 Å². The van der Waals surface area contributed by atoms with Gasteiger partial charge in [0.05, 0.1) is 25.3 Å². The molecule has 4 nitrogen and oxygen atoms in total. The molecule has 1 aromatic carbocycles. The van der Waals surface area contributed by atoms with Crippen LogP contribution in [0.15, 0.2) is 30.3 Å². The van der Waals surface area contributed by atoms with E-state index >= 15 is 0 Å².